The van der Waals surface area contributed by atoms with Gasteiger partial charge in [0.05, 0.1) is 5.92 Å². The minimum absolute atomic E-state index is 0.0198. The highest BCUT2D eigenvalue weighted by Gasteiger charge is 2.54. The molecule has 0 radical (unpaired) electrons. The van der Waals surface area contributed by atoms with E-state index in [1.165, 1.54) is 0 Å². The van der Waals surface area contributed by atoms with Gasteiger partial charge in [-0.15, -0.1) is 0 Å². The van der Waals surface area contributed by atoms with Crippen LogP contribution in [0.1, 0.15) is 31.7 Å². The molecule has 2 N–H and O–H groups in total. The van der Waals surface area contributed by atoms with Crippen molar-refractivity contribution in [2.45, 2.75) is 31.8 Å². The fourth-order valence-corrected chi connectivity index (χ4v) is 3.61. The van der Waals surface area contributed by atoms with Gasteiger partial charge in [-0.1, -0.05) is 22.9 Å². The average molecular weight is 338 g/mol. The highest BCUT2D eigenvalue weighted by molar-refractivity contribution is 9.10. The van der Waals surface area contributed by atoms with Crippen molar-refractivity contribution >= 4 is 33.3 Å². The molecule has 1 fully saturated rings. The van der Waals surface area contributed by atoms with E-state index >= 15 is 0 Å². The summed E-state index contributed by atoms with van der Waals surface area (Å²) in [6, 6.07) is 5.27. The first kappa shape index (κ1) is 13.8. The second-order valence-corrected chi connectivity index (χ2v) is 6.72. The molecule has 2 aliphatic rings. The van der Waals surface area contributed by atoms with Gasteiger partial charge in [0.25, 0.3) is 5.91 Å². The average Bonchev–Trinajstić information content (AvgIpc) is 2.66. The Hall–Kier alpha value is -1.20. The second kappa shape index (κ2) is 4.67. The van der Waals surface area contributed by atoms with E-state index in [-0.39, 0.29) is 5.78 Å². The Morgan fingerprint density at radius 2 is 2.15 bits per heavy atom. The molecule has 0 unspecified atom stereocenters. The lowest BCUT2D eigenvalue weighted by atomic mass is 9.70. The Balaban J connectivity index is 2.09. The number of ketones is 1. The fourth-order valence-electron chi connectivity index (χ4n) is 3.24. The van der Waals surface area contributed by atoms with Crippen LogP contribution in [-0.4, -0.2) is 16.8 Å². The number of nitrogens with one attached hydrogen (secondary N) is 1. The highest BCUT2D eigenvalue weighted by atomic mass is 79.9. The van der Waals surface area contributed by atoms with Crippen LogP contribution in [0.4, 0.5) is 5.69 Å². The van der Waals surface area contributed by atoms with Crippen molar-refractivity contribution in [2.75, 3.05) is 5.32 Å². The summed E-state index contributed by atoms with van der Waals surface area (Å²) in [7, 11) is 0. The number of halogens is 1. The normalized spacial score (nSPS) is 33.0. The zero-order valence-corrected chi connectivity index (χ0v) is 12.7. The number of rotatable bonds is 1. The molecule has 4 nitrogen and oxygen atoms in total. The number of amides is 1. The minimum atomic E-state index is -1.73. The van der Waals surface area contributed by atoms with Crippen LogP contribution in [-0.2, 0) is 15.2 Å². The predicted octanol–water partition coefficient (Wildman–Crippen LogP) is 2.59. The molecule has 1 aromatic carbocycles. The van der Waals surface area contributed by atoms with Crippen LogP contribution in [0.5, 0.6) is 0 Å². The monoisotopic (exact) mass is 337 g/mol. The Labute approximate surface area is 125 Å². The molecule has 106 valence electrons. The molecular weight excluding hydrogens is 322 g/mol. The van der Waals surface area contributed by atoms with E-state index in [0.717, 1.165) is 10.9 Å². The lowest BCUT2D eigenvalue weighted by Gasteiger charge is -2.35. The molecule has 1 amide bonds. The molecule has 0 saturated heterocycles. The van der Waals surface area contributed by atoms with Gasteiger partial charge in [0, 0.05) is 22.1 Å². The first-order valence-electron chi connectivity index (χ1n) is 6.79. The largest absolute Gasteiger partial charge is 0.375 e. The van der Waals surface area contributed by atoms with Gasteiger partial charge in [0.2, 0.25) is 0 Å². The first-order valence-corrected chi connectivity index (χ1v) is 7.58. The third-order valence-electron chi connectivity index (χ3n) is 4.40. The number of anilines is 1. The highest BCUT2D eigenvalue weighted by Crippen LogP contribution is 2.46. The molecule has 3 rings (SSSR count). The van der Waals surface area contributed by atoms with Crippen LogP contribution < -0.4 is 5.32 Å². The van der Waals surface area contributed by atoms with E-state index in [1.54, 1.807) is 18.2 Å². The second-order valence-electron chi connectivity index (χ2n) is 5.81. The Kier molecular flexibility index (Phi) is 3.21. The van der Waals surface area contributed by atoms with Crippen LogP contribution in [0.25, 0.3) is 0 Å². The molecule has 1 aromatic rings. The molecule has 3 atom stereocenters. The number of fused-ring (bicyclic) bond motifs is 1. The zero-order valence-electron chi connectivity index (χ0n) is 11.1. The number of Topliss-reactive ketones (excluding diaryl/α,β-unsaturated/α-hetero) is 1. The van der Waals surface area contributed by atoms with Gasteiger partial charge in [-0.2, -0.15) is 0 Å². The van der Waals surface area contributed by atoms with E-state index in [4.69, 9.17) is 0 Å². The summed E-state index contributed by atoms with van der Waals surface area (Å²) in [5.74, 6) is -0.820. The molecule has 0 spiro atoms. The Morgan fingerprint density at radius 3 is 2.90 bits per heavy atom. The van der Waals surface area contributed by atoms with Gasteiger partial charge in [0.15, 0.2) is 5.60 Å². The van der Waals surface area contributed by atoms with Gasteiger partial charge in [-0.3, -0.25) is 9.59 Å². The minimum Gasteiger partial charge on any atom is -0.375 e. The predicted molar refractivity (Wildman–Crippen MR) is 78.2 cm³/mol. The third kappa shape index (κ3) is 1.91. The maximum Gasteiger partial charge on any atom is 0.261 e. The number of carbonyl (C=O) groups excluding carboxylic acids is 2. The number of benzene rings is 1. The topological polar surface area (TPSA) is 66.4 Å². The SMILES string of the molecule is C[C@H]1CCC(=O)[C@H]([C@@]2(O)C(=O)Nc3ccc(Br)cc32)C1. The van der Waals surface area contributed by atoms with Crippen molar-refractivity contribution in [1.29, 1.82) is 0 Å². The van der Waals surface area contributed by atoms with E-state index in [2.05, 4.69) is 28.2 Å². The summed E-state index contributed by atoms with van der Waals surface area (Å²) in [5.41, 5.74) is -0.638. The quantitative estimate of drug-likeness (QED) is 0.827. The molecule has 20 heavy (non-hydrogen) atoms. The molecule has 5 heteroatoms. The number of hydrogen-bond acceptors (Lipinski definition) is 3. The summed E-state index contributed by atoms with van der Waals surface area (Å²) in [6.07, 6.45) is 1.82. The lowest BCUT2D eigenvalue weighted by molar-refractivity contribution is -0.151. The van der Waals surface area contributed by atoms with Gasteiger partial charge in [-0.05, 0) is 37.0 Å². The molecule has 1 aliphatic heterocycles. The standard InChI is InChI=1S/C15H16BrNO3/c1-8-2-5-13(18)11(6-8)15(20)10-7-9(16)3-4-12(10)17-14(15)19/h3-4,7-8,11,20H,2,5-6H2,1H3,(H,17,19)/t8-,11+,15+/m0/s1. The Bertz CT molecular complexity index is 601. The zero-order chi connectivity index (χ0) is 14.5. The van der Waals surface area contributed by atoms with Gasteiger partial charge >= 0.3 is 0 Å². The summed E-state index contributed by atoms with van der Waals surface area (Å²) in [5, 5.41) is 13.7. The lowest BCUT2D eigenvalue weighted by Crippen LogP contribution is -2.47. The van der Waals surface area contributed by atoms with Crippen LogP contribution in [0.2, 0.25) is 0 Å². The number of aliphatic hydroxyl groups is 1. The maximum absolute atomic E-state index is 12.3. The fraction of sp³-hybridized carbons (Fsp3) is 0.467. The number of carbonyl (C=O) groups is 2. The molecule has 1 aliphatic carbocycles. The van der Waals surface area contributed by atoms with Crippen molar-refractivity contribution in [3.05, 3.63) is 28.2 Å². The van der Waals surface area contributed by atoms with Crippen LogP contribution in [0.15, 0.2) is 22.7 Å². The smallest absolute Gasteiger partial charge is 0.261 e. The van der Waals surface area contributed by atoms with Crippen molar-refractivity contribution in [3.8, 4) is 0 Å². The van der Waals surface area contributed by atoms with Crippen molar-refractivity contribution in [3.63, 3.8) is 0 Å². The molecule has 1 saturated carbocycles. The van der Waals surface area contributed by atoms with Crippen molar-refractivity contribution in [2.24, 2.45) is 11.8 Å². The van der Waals surface area contributed by atoms with E-state index < -0.39 is 17.4 Å². The maximum atomic E-state index is 12.3. The van der Waals surface area contributed by atoms with Crippen LogP contribution in [0, 0.1) is 11.8 Å². The van der Waals surface area contributed by atoms with Crippen LogP contribution >= 0.6 is 15.9 Å². The molecular formula is C15H16BrNO3. The molecule has 1 heterocycles. The summed E-state index contributed by atoms with van der Waals surface area (Å²) in [6.45, 7) is 2.05. The number of hydrogen-bond donors (Lipinski definition) is 2. The van der Waals surface area contributed by atoms with Gasteiger partial charge in [-0.25, -0.2) is 0 Å². The summed E-state index contributed by atoms with van der Waals surface area (Å²) < 4.78 is 0.780. The third-order valence-corrected chi connectivity index (χ3v) is 4.89. The summed E-state index contributed by atoms with van der Waals surface area (Å²) >= 11 is 3.35. The molecule has 0 aromatic heterocycles. The van der Waals surface area contributed by atoms with E-state index in [1.807, 2.05) is 0 Å². The van der Waals surface area contributed by atoms with E-state index in [0.29, 0.717) is 30.0 Å². The summed E-state index contributed by atoms with van der Waals surface area (Å²) in [4.78, 5) is 24.5. The Morgan fingerprint density at radius 1 is 1.40 bits per heavy atom. The van der Waals surface area contributed by atoms with Crippen molar-refractivity contribution in [1.82, 2.24) is 0 Å². The van der Waals surface area contributed by atoms with E-state index in [9.17, 15) is 14.7 Å². The first-order chi connectivity index (χ1) is 9.42. The molecule has 0 bridgehead atoms. The van der Waals surface area contributed by atoms with Gasteiger partial charge in [0.1, 0.15) is 5.78 Å². The van der Waals surface area contributed by atoms with Crippen molar-refractivity contribution < 1.29 is 14.7 Å². The van der Waals surface area contributed by atoms with Gasteiger partial charge < -0.3 is 10.4 Å². The van der Waals surface area contributed by atoms with Crippen LogP contribution in [0.3, 0.4) is 0 Å².